The Bertz CT molecular complexity index is 928. The van der Waals surface area contributed by atoms with Gasteiger partial charge >= 0.3 is 0 Å². The van der Waals surface area contributed by atoms with Gasteiger partial charge in [-0.2, -0.15) is 4.31 Å². The molecule has 9 heteroatoms. The van der Waals surface area contributed by atoms with Crippen LogP contribution in [0.15, 0.2) is 48.5 Å². The molecule has 0 unspecified atom stereocenters. The number of piperazine rings is 1. The Labute approximate surface area is 175 Å². The van der Waals surface area contributed by atoms with E-state index in [4.69, 9.17) is 23.2 Å². The van der Waals surface area contributed by atoms with E-state index >= 15 is 0 Å². The monoisotopic (exact) mass is 441 g/mol. The molecule has 0 spiro atoms. The Balaban J connectivity index is 1.49. The van der Waals surface area contributed by atoms with Crippen LogP contribution in [0.5, 0.6) is 0 Å². The van der Waals surface area contributed by atoms with Crippen LogP contribution in [0.1, 0.15) is 10.4 Å². The van der Waals surface area contributed by atoms with Gasteiger partial charge in [-0.1, -0.05) is 35.3 Å². The van der Waals surface area contributed by atoms with Crippen LogP contribution in [-0.2, 0) is 10.0 Å². The average molecular weight is 442 g/mol. The summed E-state index contributed by atoms with van der Waals surface area (Å²) < 4.78 is 26.6. The Morgan fingerprint density at radius 2 is 1.61 bits per heavy atom. The summed E-state index contributed by atoms with van der Waals surface area (Å²) in [6, 6.07) is 14.2. The molecule has 1 aliphatic rings. The summed E-state index contributed by atoms with van der Waals surface area (Å²) >= 11 is 11.9. The lowest BCUT2D eigenvalue weighted by Gasteiger charge is -2.35. The molecule has 0 aliphatic carbocycles. The van der Waals surface area contributed by atoms with E-state index in [-0.39, 0.29) is 18.2 Å². The third kappa shape index (κ3) is 5.17. The first-order valence-electron chi connectivity index (χ1n) is 8.88. The van der Waals surface area contributed by atoms with Gasteiger partial charge in [0, 0.05) is 43.4 Å². The molecule has 1 N–H and O–H groups in total. The van der Waals surface area contributed by atoms with E-state index in [1.54, 1.807) is 24.3 Å². The zero-order valence-corrected chi connectivity index (χ0v) is 17.5. The molecule has 0 atom stereocenters. The normalized spacial score (nSPS) is 15.4. The topological polar surface area (TPSA) is 69.7 Å². The molecule has 0 bridgehead atoms. The van der Waals surface area contributed by atoms with E-state index in [0.717, 1.165) is 5.69 Å². The molecule has 1 saturated heterocycles. The SMILES string of the molecule is O=C(NCCS(=O)(=O)N1CCN(c2ccc(Cl)cc2)CC1)c1ccccc1Cl. The molecule has 0 radical (unpaired) electrons. The van der Waals surface area contributed by atoms with Gasteiger partial charge in [-0.05, 0) is 36.4 Å². The molecule has 2 aromatic rings. The van der Waals surface area contributed by atoms with Gasteiger partial charge in [0.2, 0.25) is 10.0 Å². The third-order valence-electron chi connectivity index (χ3n) is 4.59. The second-order valence-corrected chi connectivity index (χ2v) is 9.35. The van der Waals surface area contributed by atoms with Crippen LogP contribution in [0.4, 0.5) is 5.69 Å². The summed E-state index contributed by atoms with van der Waals surface area (Å²) in [7, 11) is -3.45. The van der Waals surface area contributed by atoms with E-state index in [0.29, 0.717) is 41.8 Å². The molecule has 1 heterocycles. The van der Waals surface area contributed by atoms with Crippen molar-refractivity contribution in [1.82, 2.24) is 9.62 Å². The first-order chi connectivity index (χ1) is 13.4. The Hall–Kier alpha value is -1.80. The first kappa shape index (κ1) is 20.9. The highest BCUT2D eigenvalue weighted by Gasteiger charge is 2.27. The van der Waals surface area contributed by atoms with E-state index in [1.807, 2.05) is 24.3 Å². The van der Waals surface area contributed by atoms with Crippen molar-refractivity contribution < 1.29 is 13.2 Å². The van der Waals surface area contributed by atoms with E-state index in [2.05, 4.69) is 10.2 Å². The Morgan fingerprint density at radius 1 is 0.964 bits per heavy atom. The van der Waals surface area contributed by atoms with Gasteiger partial charge in [-0.3, -0.25) is 4.79 Å². The van der Waals surface area contributed by atoms with Crippen molar-refractivity contribution in [3.63, 3.8) is 0 Å². The highest BCUT2D eigenvalue weighted by atomic mass is 35.5. The van der Waals surface area contributed by atoms with Crippen molar-refractivity contribution in [3.05, 3.63) is 64.1 Å². The molecule has 1 aliphatic heterocycles. The van der Waals surface area contributed by atoms with Crippen LogP contribution >= 0.6 is 23.2 Å². The predicted octanol–water partition coefficient (Wildman–Crippen LogP) is 2.88. The van der Waals surface area contributed by atoms with Gasteiger partial charge in [0.15, 0.2) is 0 Å². The van der Waals surface area contributed by atoms with Crippen molar-refractivity contribution in [1.29, 1.82) is 0 Å². The quantitative estimate of drug-likeness (QED) is 0.747. The van der Waals surface area contributed by atoms with Crippen LogP contribution in [0.2, 0.25) is 10.0 Å². The van der Waals surface area contributed by atoms with E-state index < -0.39 is 10.0 Å². The number of carbonyl (C=O) groups excluding carboxylic acids is 1. The standard InChI is InChI=1S/C19H21Cl2N3O3S/c20-15-5-7-16(8-6-15)23-10-12-24(13-11-23)28(26,27)14-9-22-19(25)17-3-1-2-4-18(17)21/h1-8H,9-14H2,(H,22,25). The number of carbonyl (C=O) groups is 1. The zero-order valence-electron chi connectivity index (χ0n) is 15.1. The number of nitrogens with zero attached hydrogens (tertiary/aromatic N) is 2. The number of rotatable bonds is 6. The predicted molar refractivity (Wildman–Crippen MR) is 113 cm³/mol. The Kier molecular flexibility index (Phi) is 6.82. The number of halogens is 2. The van der Waals surface area contributed by atoms with E-state index in [9.17, 15) is 13.2 Å². The molecule has 1 amide bonds. The molecule has 28 heavy (non-hydrogen) atoms. The van der Waals surface area contributed by atoms with Gasteiger partial charge in [0.25, 0.3) is 5.91 Å². The lowest BCUT2D eigenvalue weighted by molar-refractivity contribution is 0.0956. The number of hydrogen-bond acceptors (Lipinski definition) is 4. The van der Waals surface area contributed by atoms with Crippen molar-refractivity contribution >= 4 is 44.8 Å². The molecule has 0 aromatic heterocycles. The fraction of sp³-hybridized carbons (Fsp3) is 0.316. The second-order valence-electron chi connectivity index (χ2n) is 6.41. The molecule has 150 valence electrons. The maximum absolute atomic E-state index is 12.6. The molecule has 6 nitrogen and oxygen atoms in total. The minimum Gasteiger partial charge on any atom is -0.369 e. The van der Waals surface area contributed by atoms with Gasteiger partial charge in [-0.25, -0.2) is 8.42 Å². The van der Waals surface area contributed by atoms with Gasteiger partial charge in [-0.15, -0.1) is 0 Å². The van der Waals surface area contributed by atoms with Crippen molar-refractivity contribution in [2.75, 3.05) is 43.4 Å². The van der Waals surface area contributed by atoms with Crippen LogP contribution in [0, 0.1) is 0 Å². The van der Waals surface area contributed by atoms with Crippen molar-refractivity contribution in [2.24, 2.45) is 0 Å². The lowest BCUT2D eigenvalue weighted by Crippen LogP contribution is -2.50. The lowest BCUT2D eigenvalue weighted by atomic mass is 10.2. The first-order valence-corrected chi connectivity index (χ1v) is 11.2. The number of amides is 1. The molecule has 0 saturated carbocycles. The summed E-state index contributed by atoms with van der Waals surface area (Å²) in [4.78, 5) is 14.3. The van der Waals surface area contributed by atoms with Crippen LogP contribution in [0.25, 0.3) is 0 Å². The fourth-order valence-corrected chi connectivity index (χ4v) is 4.72. The average Bonchev–Trinajstić information content (AvgIpc) is 2.69. The number of nitrogens with one attached hydrogen (secondary N) is 1. The number of sulfonamides is 1. The molecule has 2 aromatic carbocycles. The van der Waals surface area contributed by atoms with Crippen LogP contribution in [0.3, 0.4) is 0 Å². The maximum Gasteiger partial charge on any atom is 0.252 e. The smallest absolute Gasteiger partial charge is 0.252 e. The molecular weight excluding hydrogens is 421 g/mol. The molecule has 1 fully saturated rings. The van der Waals surface area contributed by atoms with Crippen LogP contribution in [-0.4, -0.2) is 57.1 Å². The second kappa shape index (κ2) is 9.13. The summed E-state index contributed by atoms with van der Waals surface area (Å²) in [6.45, 7) is 2.05. The highest BCUT2D eigenvalue weighted by molar-refractivity contribution is 7.89. The van der Waals surface area contributed by atoms with Gasteiger partial charge in [0.1, 0.15) is 0 Å². The van der Waals surface area contributed by atoms with Gasteiger partial charge in [0.05, 0.1) is 16.3 Å². The molecular formula is C19H21Cl2N3O3S. The zero-order chi connectivity index (χ0) is 20.1. The highest BCUT2D eigenvalue weighted by Crippen LogP contribution is 2.20. The van der Waals surface area contributed by atoms with E-state index in [1.165, 1.54) is 4.31 Å². The largest absolute Gasteiger partial charge is 0.369 e. The maximum atomic E-state index is 12.6. The summed E-state index contributed by atoms with van der Waals surface area (Å²) in [5.74, 6) is -0.530. The number of hydrogen-bond donors (Lipinski definition) is 1. The van der Waals surface area contributed by atoms with Gasteiger partial charge < -0.3 is 10.2 Å². The summed E-state index contributed by atoms with van der Waals surface area (Å²) in [6.07, 6.45) is 0. The minimum absolute atomic E-state index is 0.0315. The van der Waals surface area contributed by atoms with Crippen LogP contribution < -0.4 is 10.2 Å². The number of anilines is 1. The minimum atomic E-state index is -3.45. The summed E-state index contributed by atoms with van der Waals surface area (Å²) in [5.41, 5.74) is 1.35. The Morgan fingerprint density at radius 3 is 2.25 bits per heavy atom. The fourth-order valence-electron chi connectivity index (χ4n) is 3.04. The third-order valence-corrected chi connectivity index (χ3v) is 7.04. The van der Waals surface area contributed by atoms with Crippen molar-refractivity contribution in [3.8, 4) is 0 Å². The number of benzene rings is 2. The summed E-state index contributed by atoms with van der Waals surface area (Å²) in [5, 5.41) is 3.63. The van der Waals surface area contributed by atoms with Crippen molar-refractivity contribution in [2.45, 2.75) is 0 Å². The molecule has 3 rings (SSSR count).